The highest BCUT2D eigenvalue weighted by molar-refractivity contribution is 7.71. The lowest BCUT2D eigenvalue weighted by atomic mass is 10.2. The van der Waals surface area contributed by atoms with Crippen LogP contribution in [0.15, 0.2) is 36.7 Å². The lowest BCUT2D eigenvalue weighted by Gasteiger charge is -2.07. The molecule has 92 valence electrons. The number of nitrogens with one attached hydrogen (secondary N) is 1. The number of benzene rings is 1. The third-order valence-corrected chi connectivity index (χ3v) is 3.39. The number of nitriles is 1. The van der Waals surface area contributed by atoms with Gasteiger partial charge in [0.05, 0.1) is 39.6 Å². The van der Waals surface area contributed by atoms with Crippen LogP contribution in [-0.4, -0.2) is 14.5 Å². The summed E-state index contributed by atoms with van der Waals surface area (Å²) in [4.78, 5) is 7.12. The molecule has 1 N–H and O–H groups in total. The third-order valence-electron chi connectivity index (χ3n) is 2.80. The second-order valence-corrected chi connectivity index (χ2v) is 4.73. The molecule has 0 spiro atoms. The number of aromatic amines is 1. The number of imidazole rings is 1. The van der Waals surface area contributed by atoms with Crippen molar-refractivity contribution in [3.63, 3.8) is 0 Å². The van der Waals surface area contributed by atoms with Crippen molar-refractivity contribution in [3.8, 4) is 11.8 Å². The highest BCUT2D eigenvalue weighted by Crippen LogP contribution is 2.25. The molecule has 3 rings (SSSR count). The second-order valence-electron chi connectivity index (χ2n) is 3.94. The minimum absolute atomic E-state index is 0.480. The van der Waals surface area contributed by atoms with Crippen molar-refractivity contribution in [2.24, 2.45) is 0 Å². The van der Waals surface area contributed by atoms with Gasteiger partial charge in [-0.25, -0.2) is 0 Å². The zero-order valence-corrected chi connectivity index (χ0v) is 11.2. The number of rotatable bonds is 1. The maximum atomic E-state index is 8.86. The predicted octanol–water partition coefficient (Wildman–Crippen LogP) is 3.61. The number of pyridine rings is 1. The molecule has 19 heavy (non-hydrogen) atoms. The molecular formula is C13H7ClN4S. The molecule has 0 unspecified atom stereocenters. The lowest BCUT2D eigenvalue weighted by Crippen LogP contribution is -1.95. The summed E-state index contributed by atoms with van der Waals surface area (Å²) in [6.45, 7) is 0. The summed E-state index contributed by atoms with van der Waals surface area (Å²) in [5.74, 6) is 0. The molecule has 0 fully saturated rings. The molecule has 0 amide bonds. The fourth-order valence-electron chi connectivity index (χ4n) is 1.96. The number of halogens is 1. The Morgan fingerprint density at radius 3 is 2.95 bits per heavy atom. The fraction of sp³-hybridized carbons (Fsp3) is 0. The average molecular weight is 287 g/mol. The first-order valence-electron chi connectivity index (χ1n) is 5.45. The van der Waals surface area contributed by atoms with Crippen molar-refractivity contribution in [3.05, 3.63) is 52.0 Å². The Morgan fingerprint density at radius 2 is 2.21 bits per heavy atom. The van der Waals surface area contributed by atoms with E-state index in [1.54, 1.807) is 30.6 Å². The van der Waals surface area contributed by atoms with Crippen LogP contribution in [0.2, 0.25) is 5.02 Å². The predicted molar refractivity (Wildman–Crippen MR) is 76.0 cm³/mol. The fourth-order valence-corrected chi connectivity index (χ4v) is 2.53. The van der Waals surface area contributed by atoms with Gasteiger partial charge in [0, 0.05) is 6.20 Å². The molecule has 0 aliphatic heterocycles. The Morgan fingerprint density at radius 1 is 1.37 bits per heavy atom. The lowest BCUT2D eigenvalue weighted by molar-refractivity contribution is 1.06. The first kappa shape index (κ1) is 11.9. The minimum atomic E-state index is 0.480. The Hall–Kier alpha value is -2.16. The monoisotopic (exact) mass is 286 g/mol. The van der Waals surface area contributed by atoms with Gasteiger partial charge in [0.1, 0.15) is 0 Å². The van der Waals surface area contributed by atoms with Gasteiger partial charge in [-0.3, -0.25) is 9.55 Å². The van der Waals surface area contributed by atoms with E-state index < -0.39 is 0 Å². The highest BCUT2D eigenvalue weighted by Gasteiger charge is 2.10. The van der Waals surface area contributed by atoms with Gasteiger partial charge in [-0.15, -0.1) is 0 Å². The molecule has 0 saturated heterocycles. The molecular weight excluding hydrogens is 280 g/mol. The molecule has 0 radical (unpaired) electrons. The quantitative estimate of drug-likeness (QED) is 0.695. The summed E-state index contributed by atoms with van der Waals surface area (Å²) in [5, 5.41) is 9.34. The van der Waals surface area contributed by atoms with Crippen LogP contribution in [0.1, 0.15) is 5.56 Å². The van der Waals surface area contributed by atoms with Crippen molar-refractivity contribution < 1.29 is 0 Å². The molecule has 0 bridgehead atoms. The number of fused-ring (bicyclic) bond motifs is 1. The van der Waals surface area contributed by atoms with E-state index in [0.29, 0.717) is 15.4 Å². The maximum absolute atomic E-state index is 8.86. The van der Waals surface area contributed by atoms with Crippen LogP contribution in [-0.2, 0) is 0 Å². The molecule has 1 aromatic carbocycles. The first-order chi connectivity index (χ1) is 9.20. The summed E-state index contributed by atoms with van der Waals surface area (Å²) in [5.41, 5.74) is 2.99. The Kier molecular flexibility index (Phi) is 2.82. The molecule has 4 nitrogen and oxygen atoms in total. The Bertz CT molecular complexity index is 872. The zero-order valence-electron chi connectivity index (χ0n) is 9.59. The number of H-pyrrole nitrogens is 1. The minimum Gasteiger partial charge on any atom is -0.329 e. The summed E-state index contributed by atoms with van der Waals surface area (Å²) < 4.78 is 2.37. The van der Waals surface area contributed by atoms with Crippen molar-refractivity contribution >= 4 is 34.9 Å². The summed E-state index contributed by atoms with van der Waals surface area (Å²) in [6, 6.07) is 9.03. The van der Waals surface area contributed by atoms with Gasteiger partial charge in [0.15, 0.2) is 4.77 Å². The van der Waals surface area contributed by atoms with Crippen molar-refractivity contribution in [1.82, 2.24) is 14.5 Å². The van der Waals surface area contributed by atoms with E-state index in [1.165, 1.54) is 0 Å². The topological polar surface area (TPSA) is 57.4 Å². The smallest absolute Gasteiger partial charge is 0.182 e. The number of hydrogen-bond donors (Lipinski definition) is 1. The van der Waals surface area contributed by atoms with E-state index in [4.69, 9.17) is 29.1 Å². The average Bonchev–Trinajstić information content (AvgIpc) is 2.75. The van der Waals surface area contributed by atoms with Gasteiger partial charge in [0.25, 0.3) is 0 Å². The summed E-state index contributed by atoms with van der Waals surface area (Å²) >= 11 is 11.5. The summed E-state index contributed by atoms with van der Waals surface area (Å²) in [6.07, 6.45) is 3.40. The molecule has 0 atom stereocenters. The molecule has 2 aromatic heterocycles. The number of nitrogens with zero attached hydrogens (tertiary/aromatic N) is 3. The normalized spacial score (nSPS) is 10.5. The SMILES string of the molecule is N#Cc1ccc(-n2c(=S)[nH]c3cnccc32)c(Cl)c1. The largest absolute Gasteiger partial charge is 0.329 e. The zero-order chi connectivity index (χ0) is 13.4. The van der Waals surface area contributed by atoms with Gasteiger partial charge in [-0.1, -0.05) is 11.6 Å². The highest BCUT2D eigenvalue weighted by atomic mass is 35.5. The van der Waals surface area contributed by atoms with Gasteiger partial charge >= 0.3 is 0 Å². The summed E-state index contributed by atoms with van der Waals surface area (Å²) in [7, 11) is 0. The van der Waals surface area contributed by atoms with Crippen LogP contribution in [0, 0.1) is 16.1 Å². The van der Waals surface area contributed by atoms with Gasteiger partial charge < -0.3 is 4.98 Å². The van der Waals surface area contributed by atoms with Crippen LogP contribution in [0.5, 0.6) is 0 Å². The molecule has 0 aliphatic rings. The molecule has 0 saturated carbocycles. The second kappa shape index (κ2) is 4.50. The molecule has 0 aliphatic carbocycles. The molecule has 3 aromatic rings. The van der Waals surface area contributed by atoms with Crippen LogP contribution >= 0.6 is 23.8 Å². The van der Waals surface area contributed by atoms with Crippen molar-refractivity contribution in [2.75, 3.05) is 0 Å². The van der Waals surface area contributed by atoms with Crippen molar-refractivity contribution in [1.29, 1.82) is 5.26 Å². The van der Waals surface area contributed by atoms with E-state index >= 15 is 0 Å². The van der Waals surface area contributed by atoms with Gasteiger partial charge in [-0.2, -0.15) is 5.26 Å². The van der Waals surface area contributed by atoms with Gasteiger partial charge in [-0.05, 0) is 36.5 Å². The molecule has 2 heterocycles. The number of aromatic nitrogens is 3. The molecule has 6 heteroatoms. The van der Waals surface area contributed by atoms with E-state index in [9.17, 15) is 0 Å². The maximum Gasteiger partial charge on any atom is 0.182 e. The van der Waals surface area contributed by atoms with Gasteiger partial charge in [0.2, 0.25) is 0 Å². The number of hydrogen-bond acceptors (Lipinski definition) is 3. The van der Waals surface area contributed by atoms with E-state index in [0.717, 1.165) is 16.7 Å². The Labute approximate surface area is 118 Å². The Balaban J connectivity index is 2.34. The van der Waals surface area contributed by atoms with Crippen LogP contribution in [0.25, 0.3) is 16.7 Å². The van der Waals surface area contributed by atoms with Crippen LogP contribution < -0.4 is 0 Å². The van der Waals surface area contributed by atoms with Crippen LogP contribution in [0.3, 0.4) is 0 Å². The standard InChI is InChI=1S/C13H7ClN4S/c14-9-5-8(6-15)1-2-11(9)18-12-3-4-16-7-10(12)17-13(18)19/h1-5,7H,(H,17,19). The third kappa shape index (κ3) is 1.91. The van der Waals surface area contributed by atoms with E-state index in [2.05, 4.69) is 16.0 Å². The van der Waals surface area contributed by atoms with Crippen LogP contribution in [0.4, 0.5) is 0 Å². The van der Waals surface area contributed by atoms with E-state index in [-0.39, 0.29) is 0 Å². The van der Waals surface area contributed by atoms with Crippen molar-refractivity contribution in [2.45, 2.75) is 0 Å². The van der Waals surface area contributed by atoms with E-state index in [1.807, 2.05) is 10.6 Å². The first-order valence-corrected chi connectivity index (χ1v) is 6.24.